The van der Waals surface area contributed by atoms with Gasteiger partial charge >= 0.3 is 0 Å². The van der Waals surface area contributed by atoms with Crippen LogP contribution in [0.1, 0.15) is 46.4 Å². The van der Waals surface area contributed by atoms with Crippen molar-refractivity contribution in [2.45, 2.75) is 25.7 Å². The fraction of sp³-hybridized carbons (Fsp3) is 0.304. The van der Waals surface area contributed by atoms with Crippen molar-refractivity contribution in [3.05, 3.63) is 71.3 Å². The summed E-state index contributed by atoms with van der Waals surface area (Å²) in [4.78, 5) is 25.7. The molecule has 3 rings (SSSR count). The molecule has 0 heterocycles. The van der Waals surface area contributed by atoms with Gasteiger partial charge in [0.1, 0.15) is 11.5 Å². The summed E-state index contributed by atoms with van der Waals surface area (Å²) >= 11 is 0. The van der Waals surface area contributed by atoms with E-state index in [0.717, 1.165) is 36.3 Å². The third kappa shape index (κ3) is 4.45. The molecular formula is C23H24O4. The zero-order chi connectivity index (χ0) is 19.2. The van der Waals surface area contributed by atoms with Gasteiger partial charge in [-0.1, -0.05) is 6.08 Å². The van der Waals surface area contributed by atoms with E-state index < -0.39 is 0 Å². The Balaban J connectivity index is 1.75. The zero-order valence-corrected chi connectivity index (χ0v) is 15.7. The summed E-state index contributed by atoms with van der Waals surface area (Å²) < 4.78 is 10.3. The van der Waals surface area contributed by atoms with E-state index in [1.54, 1.807) is 62.8 Å². The van der Waals surface area contributed by atoms with E-state index in [4.69, 9.17) is 9.47 Å². The fourth-order valence-corrected chi connectivity index (χ4v) is 3.46. The van der Waals surface area contributed by atoms with Gasteiger partial charge in [0, 0.05) is 17.5 Å². The first kappa shape index (κ1) is 18.9. The highest BCUT2D eigenvalue weighted by Crippen LogP contribution is 2.31. The molecule has 0 unspecified atom stereocenters. The van der Waals surface area contributed by atoms with E-state index in [2.05, 4.69) is 0 Å². The molecule has 1 atom stereocenters. The van der Waals surface area contributed by atoms with E-state index >= 15 is 0 Å². The normalized spacial score (nSPS) is 16.4. The minimum Gasteiger partial charge on any atom is -0.497 e. The Morgan fingerprint density at radius 3 is 2.00 bits per heavy atom. The molecule has 2 aromatic carbocycles. The van der Waals surface area contributed by atoms with Gasteiger partial charge in [-0.3, -0.25) is 9.59 Å². The first-order valence-corrected chi connectivity index (χ1v) is 9.18. The summed E-state index contributed by atoms with van der Waals surface area (Å²) in [6, 6.07) is 14.2. The molecule has 0 aromatic heterocycles. The van der Waals surface area contributed by atoms with Crippen molar-refractivity contribution in [1.29, 1.82) is 0 Å². The molecule has 0 spiro atoms. The number of hydrogen-bond acceptors (Lipinski definition) is 4. The van der Waals surface area contributed by atoms with Crippen LogP contribution in [0.2, 0.25) is 0 Å². The Kier molecular flexibility index (Phi) is 6.07. The van der Waals surface area contributed by atoms with Crippen molar-refractivity contribution in [1.82, 2.24) is 0 Å². The standard InChI is InChI=1S/C23H24O4/c1-26-19-11-7-16(8-12-19)22(24)15-18-5-3-4-6-21(18)23(25)17-9-13-20(27-2)14-10-17/h6-14,18H,3-5,15H2,1-2H3/t18-/m1/s1. The Labute approximate surface area is 159 Å². The molecule has 0 fully saturated rings. The van der Waals surface area contributed by atoms with Crippen LogP contribution in [0.4, 0.5) is 0 Å². The van der Waals surface area contributed by atoms with Crippen LogP contribution in [-0.4, -0.2) is 25.8 Å². The van der Waals surface area contributed by atoms with Crippen LogP contribution < -0.4 is 9.47 Å². The van der Waals surface area contributed by atoms with Gasteiger partial charge in [0.15, 0.2) is 11.6 Å². The second-order valence-electron chi connectivity index (χ2n) is 6.70. The van der Waals surface area contributed by atoms with Crippen LogP contribution in [-0.2, 0) is 0 Å². The molecule has 2 aromatic rings. The number of methoxy groups -OCH3 is 2. The van der Waals surface area contributed by atoms with Crippen LogP contribution in [0.15, 0.2) is 60.2 Å². The first-order valence-electron chi connectivity index (χ1n) is 9.18. The molecule has 0 N–H and O–H groups in total. The Morgan fingerprint density at radius 1 is 0.889 bits per heavy atom. The molecular weight excluding hydrogens is 340 g/mol. The lowest BCUT2D eigenvalue weighted by molar-refractivity contribution is 0.0953. The average molecular weight is 364 g/mol. The predicted octanol–water partition coefficient (Wildman–Crippen LogP) is 4.89. The van der Waals surface area contributed by atoms with Crippen LogP contribution in [0.5, 0.6) is 11.5 Å². The van der Waals surface area contributed by atoms with E-state index in [-0.39, 0.29) is 17.5 Å². The van der Waals surface area contributed by atoms with Gasteiger partial charge in [-0.25, -0.2) is 0 Å². The van der Waals surface area contributed by atoms with Crippen LogP contribution in [0.25, 0.3) is 0 Å². The molecule has 1 aliphatic rings. The van der Waals surface area contributed by atoms with Gasteiger partial charge in [-0.2, -0.15) is 0 Å². The SMILES string of the molecule is COc1ccc(C(=O)C[C@H]2CCCC=C2C(=O)c2ccc(OC)cc2)cc1. The number of hydrogen-bond donors (Lipinski definition) is 0. The molecule has 0 saturated heterocycles. The molecule has 0 bridgehead atoms. The van der Waals surface area contributed by atoms with Gasteiger partial charge in [0.05, 0.1) is 14.2 Å². The summed E-state index contributed by atoms with van der Waals surface area (Å²) in [7, 11) is 3.20. The third-order valence-electron chi connectivity index (χ3n) is 5.02. The number of Topliss-reactive ketones (excluding diaryl/α,β-unsaturated/α-hetero) is 2. The second kappa shape index (κ2) is 8.67. The largest absolute Gasteiger partial charge is 0.497 e. The van der Waals surface area contributed by atoms with Gasteiger partial charge in [0.2, 0.25) is 0 Å². The summed E-state index contributed by atoms with van der Waals surface area (Å²) in [5.41, 5.74) is 2.04. The number of rotatable bonds is 7. The lowest BCUT2D eigenvalue weighted by atomic mass is 9.80. The highest BCUT2D eigenvalue weighted by Gasteiger charge is 2.26. The average Bonchev–Trinajstić information content (AvgIpc) is 2.73. The highest BCUT2D eigenvalue weighted by molar-refractivity contribution is 6.09. The maximum Gasteiger partial charge on any atom is 0.188 e. The summed E-state index contributed by atoms with van der Waals surface area (Å²) in [5.74, 6) is 1.46. The van der Waals surface area contributed by atoms with E-state index in [0.29, 0.717) is 17.5 Å². The number of allylic oxidation sites excluding steroid dienone is 2. The minimum atomic E-state index is -0.0389. The minimum absolute atomic E-state index is 0.00452. The molecule has 4 heteroatoms. The smallest absolute Gasteiger partial charge is 0.188 e. The lowest BCUT2D eigenvalue weighted by Gasteiger charge is -2.23. The van der Waals surface area contributed by atoms with E-state index in [1.807, 2.05) is 6.08 Å². The molecule has 27 heavy (non-hydrogen) atoms. The third-order valence-corrected chi connectivity index (χ3v) is 5.02. The molecule has 1 aliphatic carbocycles. The lowest BCUT2D eigenvalue weighted by Crippen LogP contribution is -2.20. The molecule has 140 valence electrons. The van der Waals surface area contributed by atoms with Gasteiger partial charge in [-0.05, 0) is 79.3 Å². The van der Waals surface area contributed by atoms with E-state index in [9.17, 15) is 9.59 Å². The van der Waals surface area contributed by atoms with Crippen molar-refractivity contribution >= 4 is 11.6 Å². The number of carbonyl (C=O) groups excluding carboxylic acids is 2. The van der Waals surface area contributed by atoms with Gasteiger partial charge < -0.3 is 9.47 Å². The molecule has 0 amide bonds. The van der Waals surface area contributed by atoms with Crippen molar-refractivity contribution in [2.75, 3.05) is 14.2 Å². The molecule has 0 radical (unpaired) electrons. The molecule has 0 aliphatic heterocycles. The van der Waals surface area contributed by atoms with Crippen LogP contribution >= 0.6 is 0 Å². The topological polar surface area (TPSA) is 52.6 Å². The fourth-order valence-electron chi connectivity index (χ4n) is 3.46. The quantitative estimate of drug-likeness (QED) is 0.657. The Bertz CT molecular complexity index is 832. The summed E-state index contributed by atoms with van der Waals surface area (Å²) in [6.07, 6.45) is 5.09. The van der Waals surface area contributed by atoms with Crippen LogP contribution in [0, 0.1) is 5.92 Å². The Morgan fingerprint density at radius 2 is 1.44 bits per heavy atom. The van der Waals surface area contributed by atoms with Crippen LogP contribution in [0.3, 0.4) is 0 Å². The monoisotopic (exact) mass is 364 g/mol. The number of benzene rings is 2. The van der Waals surface area contributed by atoms with Gasteiger partial charge in [0.25, 0.3) is 0 Å². The van der Waals surface area contributed by atoms with Crippen molar-refractivity contribution in [3.63, 3.8) is 0 Å². The maximum absolute atomic E-state index is 13.0. The maximum atomic E-state index is 13.0. The predicted molar refractivity (Wildman–Crippen MR) is 105 cm³/mol. The summed E-state index contributed by atoms with van der Waals surface area (Å²) in [5, 5.41) is 0. The highest BCUT2D eigenvalue weighted by atomic mass is 16.5. The number of ether oxygens (including phenoxy) is 2. The molecule has 4 nitrogen and oxygen atoms in total. The van der Waals surface area contributed by atoms with E-state index in [1.165, 1.54) is 0 Å². The van der Waals surface area contributed by atoms with Gasteiger partial charge in [-0.15, -0.1) is 0 Å². The second-order valence-corrected chi connectivity index (χ2v) is 6.70. The number of ketones is 2. The molecule has 0 saturated carbocycles. The summed E-state index contributed by atoms with van der Waals surface area (Å²) in [6.45, 7) is 0. The first-order chi connectivity index (χ1) is 13.1. The van der Waals surface area contributed by atoms with Crippen molar-refractivity contribution < 1.29 is 19.1 Å². The van der Waals surface area contributed by atoms with Crippen molar-refractivity contribution in [2.24, 2.45) is 5.92 Å². The Hall–Kier alpha value is -2.88. The zero-order valence-electron chi connectivity index (χ0n) is 15.7. The van der Waals surface area contributed by atoms with Crippen molar-refractivity contribution in [3.8, 4) is 11.5 Å². The number of carbonyl (C=O) groups is 2.